The maximum absolute atomic E-state index is 13.4. The third kappa shape index (κ3) is 2.50. The van der Waals surface area contributed by atoms with Crippen molar-refractivity contribution in [1.29, 1.82) is 0 Å². The zero-order chi connectivity index (χ0) is 12.3. The van der Waals surface area contributed by atoms with Crippen LogP contribution in [0.3, 0.4) is 0 Å². The van der Waals surface area contributed by atoms with Crippen LogP contribution in [0.4, 0.5) is 20.4 Å². The van der Waals surface area contributed by atoms with Gasteiger partial charge in [-0.1, -0.05) is 6.08 Å². The Morgan fingerprint density at radius 2 is 2.24 bits per heavy atom. The van der Waals surface area contributed by atoms with Gasteiger partial charge in [0.15, 0.2) is 0 Å². The molecule has 0 fully saturated rings. The second-order valence-electron chi connectivity index (χ2n) is 3.44. The van der Waals surface area contributed by atoms with E-state index in [0.717, 1.165) is 18.2 Å². The van der Waals surface area contributed by atoms with Gasteiger partial charge in [0.05, 0.1) is 5.69 Å². The number of allylic oxidation sites excluding steroid dienone is 1. The molecule has 2 rings (SSSR count). The van der Waals surface area contributed by atoms with Crippen LogP contribution in [0.5, 0.6) is 0 Å². The number of halogens is 2. The number of imidazole rings is 1. The lowest BCUT2D eigenvalue weighted by Gasteiger charge is -2.08. The predicted octanol–water partition coefficient (Wildman–Crippen LogP) is 3.09. The molecule has 3 nitrogen and oxygen atoms in total. The topological polar surface area (TPSA) is 29.9 Å². The maximum Gasteiger partial charge on any atom is 0.207 e. The fraction of sp³-hybridized carbons (Fsp3) is 0.0833. The summed E-state index contributed by atoms with van der Waals surface area (Å²) in [4.78, 5) is 4.02. The van der Waals surface area contributed by atoms with Gasteiger partial charge in [0.25, 0.3) is 0 Å². The van der Waals surface area contributed by atoms with E-state index in [0.29, 0.717) is 12.5 Å². The standard InChI is InChI=1S/C12H11F2N3/c1-2-6-17-7-5-15-12(17)16-11-8-9(13)3-4-10(11)14/h2-5,7-8H,1,6H2,(H,15,16). The molecule has 1 aromatic heterocycles. The fourth-order valence-electron chi connectivity index (χ4n) is 1.43. The summed E-state index contributed by atoms with van der Waals surface area (Å²) >= 11 is 0. The van der Waals surface area contributed by atoms with Crippen molar-refractivity contribution in [2.75, 3.05) is 5.32 Å². The van der Waals surface area contributed by atoms with Gasteiger partial charge in [0.1, 0.15) is 11.6 Å². The first-order valence-corrected chi connectivity index (χ1v) is 5.05. The Hall–Kier alpha value is -2.17. The molecule has 17 heavy (non-hydrogen) atoms. The molecule has 0 unspecified atom stereocenters. The van der Waals surface area contributed by atoms with Crippen molar-refractivity contribution in [3.63, 3.8) is 0 Å². The number of anilines is 2. The van der Waals surface area contributed by atoms with Crippen LogP contribution in [-0.2, 0) is 6.54 Å². The van der Waals surface area contributed by atoms with E-state index in [1.807, 2.05) is 0 Å². The van der Waals surface area contributed by atoms with E-state index >= 15 is 0 Å². The number of nitrogens with one attached hydrogen (secondary N) is 1. The summed E-state index contributed by atoms with van der Waals surface area (Å²) in [5.41, 5.74) is 0.0570. The van der Waals surface area contributed by atoms with Gasteiger partial charge in [-0.05, 0) is 12.1 Å². The van der Waals surface area contributed by atoms with E-state index in [1.165, 1.54) is 0 Å². The molecule has 88 valence electrons. The van der Waals surface area contributed by atoms with Crippen molar-refractivity contribution in [2.24, 2.45) is 0 Å². The minimum absolute atomic E-state index is 0.0570. The van der Waals surface area contributed by atoms with Crippen LogP contribution >= 0.6 is 0 Å². The Balaban J connectivity index is 2.27. The first-order valence-electron chi connectivity index (χ1n) is 5.05. The Morgan fingerprint density at radius 1 is 1.41 bits per heavy atom. The highest BCUT2D eigenvalue weighted by molar-refractivity contribution is 5.54. The van der Waals surface area contributed by atoms with Gasteiger partial charge in [0, 0.05) is 25.0 Å². The second kappa shape index (κ2) is 4.78. The normalized spacial score (nSPS) is 10.2. The molecule has 0 amide bonds. The summed E-state index contributed by atoms with van der Waals surface area (Å²) in [5, 5.41) is 2.74. The van der Waals surface area contributed by atoms with Crippen LogP contribution in [0.15, 0.2) is 43.2 Å². The Kier molecular flexibility index (Phi) is 3.18. The molecular formula is C12H11F2N3. The van der Waals surface area contributed by atoms with Gasteiger partial charge in [-0.3, -0.25) is 0 Å². The minimum Gasteiger partial charge on any atom is -0.323 e. The maximum atomic E-state index is 13.4. The van der Waals surface area contributed by atoms with Crippen molar-refractivity contribution in [1.82, 2.24) is 9.55 Å². The smallest absolute Gasteiger partial charge is 0.207 e. The molecule has 1 N–H and O–H groups in total. The SMILES string of the molecule is C=CCn1ccnc1Nc1cc(F)ccc1F. The zero-order valence-electron chi connectivity index (χ0n) is 9.03. The van der Waals surface area contributed by atoms with E-state index in [4.69, 9.17) is 0 Å². The van der Waals surface area contributed by atoms with Crippen LogP contribution in [0, 0.1) is 11.6 Å². The summed E-state index contributed by atoms with van der Waals surface area (Å²) in [6.45, 7) is 4.15. The lowest BCUT2D eigenvalue weighted by Crippen LogP contribution is -2.03. The minimum atomic E-state index is -0.528. The zero-order valence-corrected chi connectivity index (χ0v) is 9.03. The van der Waals surface area contributed by atoms with Crippen LogP contribution in [0.2, 0.25) is 0 Å². The first kappa shape index (κ1) is 11.3. The van der Waals surface area contributed by atoms with Gasteiger partial charge in [-0.2, -0.15) is 0 Å². The van der Waals surface area contributed by atoms with Crippen LogP contribution in [0.1, 0.15) is 0 Å². The van der Waals surface area contributed by atoms with Crippen molar-refractivity contribution in [3.05, 3.63) is 54.9 Å². The quantitative estimate of drug-likeness (QED) is 0.825. The van der Waals surface area contributed by atoms with Crippen LogP contribution in [-0.4, -0.2) is 9.55 Å². The monoisotopic (exact) mass is 235 g/mol. The molecule has 0 radical (unpaired) electrons. The van der Waals surface area contributed by atoms with E-state index < -0.39 is 11.6 Å². The average Bonchev–Trinajstić information content (AvgIpc) is 2.72. The molecule has 1 aromatic carbocycles. The largest absolute Gasteiger partial charge is 0.323 e. The van der Waals surface area contributed by atoms with E-state index in [9.17, 15) is 8.78 Å². The third-order valence-electron chi connectivity index (χ3n) is 2.22. The molecule has 0 aliphatic carbocycles. The van der Waals surface area contributed by atoms with Gasteiger partial charge >= 0.3 is 0 Å². The summed E-state index contributed by atoms with van der Waals surface area (Å²) in [5.74, 6) is -0.593. The Labute approximate surface area is 97.4 Å². The highest BCUT2D eigenvalue weighted by Crippen LogP contribution is 2.19. The van der Waals surface area contributed by atoms with Gasteiger partial charge in [0.2, 0.25) is 5.95 Å². The van der Waals surface area contributed by atoms with Crippen molar-refractivity contribution >= 4 is 11.6 Å². The lowest BCUT2D eigenvalue weighted by atomic mass is 10.3. The highest BCUT2D eigenvalue weighted by Gasteiger charge is 2.07. The Bertz CT molecular complexity index is 534. The van der Waals surface area contributed by atoms with Gasteiger partial charge < -0.3 is 9.88 Å². The summed E-state index contributed by atoms with van der Waals surface area (Å²) in [6.07, 6.45) is 4.99. The van der Waals surface area contributed by atoms with Crippen molar-refractivity contribution < 1.29 is 8.78 Å². The molecule has 1 heterocycles. The number of hydrogen-bond acceptors (Lipinski definition) is 2. The van der Waals surface area contributed by atoms with Crippen LogP contribution < -0.4 is 5.32 Å². The molecule has 0 spiro atoms. The summed E-state index contributed by atoms with van der Waals surface area (Å²) < 4.78 is 28.1. The molecule has 0 aliphatic heterocycles. The molecule has 0 bridgehead atoms. The van der Waals surface area contributed by atoms with Crippen LogP contribution in [0.25, 0.3) is 0 Å². The molecule has 2 aromatic rings. The number of hydrogen-bond donors (Lipinski definition) is 1. The molecule has 0 saturated carbocycles. The Morgan fingerprint density at radius 3 is 3.00 bits per heavy atom. The highest BCUT2D eigenvalue weighted by atomic mass is 19.1. The number of rotatable bonds is 4. The van der Waals surface area contributed by atoms with Gasteiger partial charge in [-0.25, -0.2) is 13.8 Å². The number of aromatic nitrogens is 2. The summed E-state index contributed by atoms with van der Waals surface area (Å²) in [6, 6.07) is 3.22. The molecular weight excluding hydrogens is 224 g/mol. The molecule has 0 atom stereocenters. The average molecular weight is 235 g/mol. The summed E-state index contributed by atoms with van der Waals surface area (Å²) in [7, 11) is 0. The van der Waals surface area contributed by atoms with Crippen molar-refractivity contribution in [2.45, 2.75) is 6.54 Å². The van der Waals surface area contributed by atoms with E-state index in [-0.39, 0.29) is 5.69 Å². The number of benzene rings is 1. The molecule has 5 heteroatoms. The lowest BCUT2D eigenvalue weighted by molar-refractivity contribution is 0.603. The molecule has 0 saturated heterocycles. The second-order valence-corrected chi connectivity index (χ2v) is 3.44. The van der Waals surface area contributed by atoms with E-state index in [1.54, 1.807) is 23.0 Å². The first-order chi connectivity index (χ1) is 8.20. The third-order valence-corrected chi connectivity index (χ3v) is 2.22. The number of nitrogens with zero attached hydrogens (tertiary/aromatic N) is 2. The van der Waals surface area contributed by atoms with Gasteiger partial charge in [-0.15, -0.1) is 6.58 Å². The fourth-order valence-corrected chi connectivity index (χ4v) is 1.43. The van der Waals surface area contributed by atoms with E-state index in [2.05, 4.69) is 16.9 Å². The predicted molar refractivity (Wildman–Crippen MR) is 62.1 cm³/mol. The van der Waals surface area contributed by atoms with Crippen molar-refractivity contribution in [3.8, 4) is 0 Å². The molecule has 0 aliphatic rings.